The molecule has 5 rings (SSSR count). The van der Waals surface area contributed by atoms with Gasteiger partial charge in [-0.1, -0.05) is 6.92 Å². The number of hydrazine groups is 1. The van der Waals surface area contributed by atoms with E-state index in [0.717, 1.165) is 45.6 Å². The van der Waals surface area contributed by atoms with Crippen LogP contribution in [-0.2, 0) is 4.74 Å². The minimum absolute atomic E-state index is 0.229. The lowest BCUT2D eigenvalue weighted by atomic mass is 9.79. The molecule has 1 saturated carbocycles. The monoisotopic (exact) mass is 381 g/mol. The molecule has 5 aliphatic rings. The zero-order valence-corrected chi connectivity index (χ0v) is 16.6. The van der Waals surface area contributed by atoms with Gasteiger partial charge in [0, 0.05) is 31.6 Å². The van der Waals surface area contributed by atoms with Crippen LogP contribution in [0.15, 0.2) is 0 Å². The third-order valence-electron chi connectivity index (χ3n) is 7.57. The normalized spacial score (nSPS) is 49.6. The minimum atomic E-state index is -0.648. The number of nitrogens with zero attached hydrogens (tertiary/aromatic N) is 2. The number of hydrogen-bond donors (Lipinski definition) is 3. The fraction of sp³-hybridized carbons (Fsp3) is 1.00. The molecule has 7 heteroatoms. The lowest BCUT2D eigenvalue weighted by Crippen LogP contribution is -2.65. The van der Waals surface area contributed by atoms with Crippen LogP contribution in [0.2, 0.25) is 0 Å². The molecule has 27 heavy (non-hydrogen) atoms. The molecule has 0 aromatic carbocycles. The van der Waals surface area contributed by atoms with Gasteiger partial charge in [-0.15, -0.1) is 0 Å². The van der Waals surface area contributed by atoms with E-state index in [-0.39, 0.29) is 6.10 Å². The van der Waals surface area contributed by atoms with Crippen molar-refractivity contribution in [1.82, 2.24) is 26.0 Å². The topological polar surface area (TPSA) is 51.8 Å². The van der Waals surface area contributed by atoms with Gasteiger partial charge in [-0.2, -0.15) is 0 Å². The number of halogens is 1. The Balaban J connectivity index is 1.41. The maximum atomic E-state index is 14.4. The Kier molecular flexibility index (Phi) is 5.43. The Labute approximate surface area is 162 Å². The SMILES string of the molecule is CC1CNC2CNN3CCC(NC23)N2CCCC2C2CC(F)CCC2OC1. The molecule has 0 aromatic rings. The first-order valence-electron chi connectivity index (χ1n) is 11.2. The summed E-state index contributed by atoms with van der Waals surface area (Å²) in [5, 5.41) is 10.1. The van der Waals surface area contributed by atoms with E-state index in [9.17, 15) is 4.39 Å². The van der Waals surface area contributed by atoms with Gasteiger partial charge in [-0.3, -0.25) is 15.6 Å². The van der Waals surface area contributed by atoms with E-state index in [1.54, 1.807) is 0 Å². The van der Waals surface area contributed by atoms with Crippen LogP contribution in [-0.4, -0.2) is 79.4 Å². The summed E-state index contributed by atoms with van der Waals surface area (Å²) in [7, 11) is 0. The molecule has 4 heterocycles. The smallest absolute Gasteiger partial charge is 0.101 e. The fourth-order valence-electron chi connectivity index (χ4n) is 6.15. The van der Waals surface area contributed by atoms with Crippen molar-refractivity contribution < 1.29 is 9.13 Å². The van der Waals surface area contributed by atoms with Crippen molar-refractivity contribution in [3.8, 4) is 0 Å². The molecule has 6 nitrogen and oxygen atoms in total. The standard InChI is InChI=1S/C20H36FN5O/c1-13-10-22-16-11-23-26-8-6-19(24-20(16)26)25-7-2-3-17(25)15-9-14(21)4-5-18(15)27-12-13/h13-20,22-24H,2-12H2,1H3. The Morgan fingerprint density at radius 1 is 1.07 bits per heavy atom. The second-order valence-corrected chi connectivity index (χ2v) is 9.48. The largest absolute Gasteiger partial charge is 0.378 e. The highest BCUT2D eigenvalue weighted by Crippen LogP contribution is 2.39. The summed E-state index contributed by atoms with van der Waals surface area (Å²) in [5.41, 5.74) is 3.56. The molecule has 8 unspecified atom stereocenters. The summed E-state index contributed by atoms with van der Waals surface area (Å²) in [6.07, 6.45) is 6.12. The molecule has 0 radical (unpaired) electrons. The van der Waals surface area contributed by atoms with E-state index in [0.29, 0.717) is 49.1 Å². The first-order valence-corrected chi connectivity index (χ1v) is 11.2. The molecule has 154 valence electrons. The van der Waals surface area contributed by atoms with Crippen LogP contribution in [0.25, 0.3) is 0 Å². The van der Waals surface area contributed by atoms with Gasteiger partial charge in [-0.25, -0.2) is 9.40 Å². The van der Waals surface area contributed by atoms with Gasteiger partial charge in [-0.05, 0) is 51.0 Å². The zero-order chi connectivity index (χ0) is 18.4. The van der Waals surface area contributed by atoms with E-state index in [4.69, 9.17) is 4.74 Å². The Morgan fingerprint density at radius 3 is 2.93 bits per heavy atom. The number of nitrogens with one attached hydrogen (secondary N) is 3. The van der Waals surface area contributed by atoms with E-state index < -0.39 is 6.17 Å². The number of alkyl halides is 1. The average Bonchev–Trinajstić information content (AvgIpc) is 3.31. The van der Waals surface area contributed by atoms with Crippen LogP contribution in [0, 0.1) is 11.8 Å². The van der Waals surface area contributed by atoms with Crippen molar-refractivity contribution in [2.75, 3.05) is 32.8 Å². The highest BCUT2D eigenvalue weighted by molar-refractivity contribution is 4.99. The number of ether oxygens (including phenoxy) is 1. The van der Waals surface area contributed by atoms with Crippen LogP contribution >= 0.6 is 0 Å². The predicted octanol–water partition coefficient (Wildman–Crippen LogP) is 1.05. The molecular weight excluding hydrogens is 345 g/mol. The lowest BCUT2D eigenvalue weighted by Gasteiger charge is -2.46. The third kappa shape index (κ3) is 3.67. The van der Waals surface area contributed by atoms with Crippen molar-refractivity contribution in [2.24, 2.45) is 11.8 Å². The van der Waals surface area contributed by atoms with Crippen LogP contribution in [0.5, 0.6) is 0 Å². The molecule has 3 N–H and O–H groups in total. The van der Waals surface area contributed by atoms with E-state index in [1.165, 1.54) is 12.8 Å². The van der Waals surface area contributed by atoms with Crippen molar-refractivity contribution >= 4 is 0 Å². The summed E-state index contributed by atoms with van der Waals surface area (Å²) >= 11 is 0. The maximum absolute atomic E-state index is 14.4. The Morgan fingerprint density at radius 2 is 2.00 bits per heavy atom. The van der Waals surface area contributed by atoms with Crippen LogP contribution in [0.1, 0.15) is 45.4 Å². The Hall–Kier alpha value is -0.310. The minimum Gasteiger partial charge on any atom is -0.378 e. The van der Waals surface area contributed by atoms with Gasteiger partial charge in [0.25, 0.3) is 0 Å². The number of rotatable bonds is 0. The molecule has 0 amide bonds. The molecule has 0 spiro atoms. The van der Waals surface area contributed by atoms with Crippen LogP contribution in [0.3, 0.4) is 0 Å². The first kappa shape index (κ1) is 18.7. The molecule has 4 aliphatic heterocycles. The van der Waals surface area contributed by atoms with Gasteiger partial charge >= 0.3 is 0 Å². The van der Waals surface area contributed by atoms with Gasteiger partial charge in [0.15, 0.2) is 0 Å². The molecule has 2 bridgehead atoms. The molecular formula is C20H36FN5O. The predicted molar refractivity (Wildman–Crippen MR) is 103 cm³/mol. The molecule has 1 aliphatic carbocycles. The van der Waals surface area contributed by atoms with Crippen LogP contribution in [0.4, 0.5) is 4.39 Å². The van der Waals surface area contributed by atoms with E-state index in [1.807, 2.05) is 0 Å². The van der Waals surface area contributed by atoms with Gasteiger partial charge < -0.3 is 10.1 Å². The molecule has 0 aromatic heterocycles. The highest BCUT2D eigenvalue weighted by atomic mass is 19.1. The van der Waals surface area contributed by atoms with Gasteiger partial charge in [0.2, 0.25) is 0 Å². The molecule has 5 fully saturated rings. The molecule has 8 atom stereocenters. The van der Waals surface area contributed by atoms with E-state index in [2.05, 4.69) is 32.9 Å². The van der Waals surface area contributed by atoms with Gasteiger partial charge in [0.05, 0.1) is 31.1 Å². The summed E-state index contributed by atoms with van der Waals surface area (Å²) < 4.78 is 20.8. The summed E-state index contributed by atoms with van der Waals surface area (Å²) in [5.74, 6) is 0.817. The highest BCUT2D eigenvalue weighted by Gasteiger charge is 2.46. The van der Waals surface area contributed by atoms with Crippen molar-refractivity contribution in [1.29, 1.82) is 0 Å². The van der Waals surface area contributed by atoms with Crippen molar-refractivity contribution in [3.05, 3.63) is 0 Å². The average molecular weight is 382 g/mol. The number of hydrogen-bond acceptors (Lipinski definition) is 6. The number of fused-ring (bicyclic) bond motifs is 5. The van der Waals surface area contributed by atoms with Gasteiger partial charge in [0.1, 0.15) is 6.17 Å². The van der Waals surface area contributed by atoms with Crippen molar-refractivity contribution in [3.63, 3.8) is 0 Å². The third-order valence-corrected chi connectivity index (χ3v) is 7.57. The summed E-state index contributed by atoms with van der Waals surface area (Å²) in [6.45, 7) is 7.22. The second kappa shape index (κ2) is 7.84. The summed E-state index contributed by atoms with van der Waals surface area (Å²) in [6, 6.07) is 0.893. The van der Waals surface area contributed by atoms with Crippen LogP contribution < -0.4 is 16.1 Å². The van der Waals surface area contributed by atoms with E-state index >= 15 is 0 Å². The fourth-order valence-corrected chi connectivity index (χ4v) is 6.15. The quantitative estimate of drug-likeness (QED) is 0.583. The second-order valence-electron chi connectivity index (χ2n) is 9.48. The first-order chi connectivity index (χ1) is 13.2. The zero-order valence-electron chi connectivity index (χ0n) is 16.6. The maximum Gasteiger partial charge on any atom is 0.101 e. The molecule has 4 saturated heterocycles. The van der Waals surface area contributed by atoms with Crippen molar-refractivity contribution in [2.45, 2.75) is 82.1 Å². The Bertz CT molecular complexity index is 525. The summed E-state index contributed by atoms with van der Waals surface area (Å²) in [4.78, 5) is 2.67. The lowest BCUT2D eigenvalue weighted by molar-refractivity contribution is -0.0722.